The van der Waals surface area contributed by atoms with Crippen molar-refractivity contribution < 1.29 is 14.4 Å². The number of carbonyl (C=O) groups is 3. The number of benzene rings is 3. The van der Waals surface area contributed by atoms with Crippen LogP contribution in [0.4, 0.5) is 11.4 Å². The zero-order chi connectivity index (χ0) is 26.5. The molecule has 1 heterocycles. The molecule has 37 heavy (non-hydrogen) atoms. The van der Waals surface area contributed by atoms with Crippen molar-refractivity contribution in [2.75, 3.05) is 16.1 Å². The average molecular weight is 582 g/mol. The van der Waals surface area contributed by atoms with Crippen molar-refractivity contribution in [1.82, 2.24) is 4.68 Å². The maximum atomic E-state index is 13.2. The smallest absolute Gasteiger partial charge is 0.321 e. The molecule has 190 valence electrons. The first-order valence-corrected chi connectivity index (χ1v) is 13.0. The van der Waals surface area contributed by atoms with Gasteiger partial charge in [-0.15, -0.1) is 0 Å². The number of hydrogen-bond donors (Lipinski definition) is 3. The number of nitrogens with zero attached hydrogens (tertiary/aromatic N) is 1. The Labute approximate surface area is 228 Å². The van der Waals surface area contributed by atoms with E-state index in [0.717, 1.165) is 29.3 Å². The number of hydrogen-bond acceptors (Lipinski definition) is 3. The predicted molar refractivity (Wildman–Crippen MR) is 152 cm³/mol. The standard InChI is InChI=1S/C28H26BrClN4O3/c1-3-4-5-18-6-9-21(10-7-18)31-27(36)28(37)33-34-24-13-8-20(30)15-19(24)16-25(34)26(35)32-22-11-12-23(29)17(2)14-22/h6-16H,3-5H2,1-2H3,(H,31,36)(H,32,35)(H,33,37). The van der Waals surface area contributed by atoms with Crippen molar-refractivity contribution in [3.05, 3.63) is 93.0 Å². The lowest BCUT2D eigenvalue weighted by Crippen LogP contribution is -2.36. The van der Waals surface area contributed by atoms with Crippen LogP contribution in [0, 0.1) is 6.92 Å². The van der Waals surface area contributed by atoms with Gasteiger partial charge in [0.2, 0.25) is 0 Å². The number of nitrogens with one attached hydrogen (secondary N) is 3. The Morgan fingerprint density at radius 3 is 2.32 bits per heavy atom. The summed E-state index contributed by atoms with van der Waals surface area (Å²) in [6, 6.07) is 19.4. The van der Waals surface area contributed by atoms with Crippen molar-refractivity contribution >= 4 is 67.5 Å². The molecule has 0 unspecified atom stereocenters. The van der Waals surface area contributed by atoms with E-state index in [9.17, 15) is 14.4 Å². The van der Waals surface area contributed by atoms with E-state index in [1.165, 1.54) is 10.2 Å². The van der Waals surface area contributed by atoms with E-state index >= 15 is 0 Å². The number of aryl methyl sites for hydroxylation is 2. The zero-order valence-corrected chi connectivity index (χ0v) is 22.7. The predicted octanol–water partition coefficient (Wildman–Crippen LogP) is 6.67. The number of fused-ring (bicyclic) bond motifs is 1. The molecule has 4 aromatic rings. The van der Waals surface area contributed by atoms with Crippen LogP contribution in [-0.2, 0) is 16.0 Å². The normalized spacial score (nSPS) is 10.8. The lowest BCUT2D eigenvalue weighted by atomic mass is 10.1. The topological polar surface area (TPSA) is 92.2 Å². The minimum Gasteiger partial charge on any atom is -0.321 e. The van der Waals surface area contributed by atoms with Crippen molar-refractivity contribution in [3.63, 3.8) is 0 Å². The van der Waals surface area contributed by atoms with Gasteiger partial charge in [0.15, 0.2) is 0 Å². The highest BCUT2D eigenvalue weighted by molar-refractivity contribution is 9.10. The summed E-state index contributed by atoms with van der Waals surface area (Å²) in [6.45, 7) is 4.04. The Morgan fingerprint density at radius 1 is 0.892 bits per heavy atom. The molecule has 3 N–H and O–H groups in total. The van der Waals surface area contributed by atoms with E-state index < -0.39 is 17.7 Å². The van der Waals surface area contributed by atoms with Gasteiger partial charge in [0.05, 0.1) is 5.52 Å². The van der Waals surface area contributed by atoms with Crippen LogP contribution in [-0.4, -0.2) is 22.4 Å². The molecule has 0 atom stereocenters. The molecule has 0 fully saturated rings. The molecule has 9 heteroatoms. The van der Waals surface area contributed by atoms with Crippen LogP contribution >= 0.6 is 27.5 Å². The summed E-state index contributed by atoms with van der Waals surface area (Å²) in [5.41, 5.74) is 6.42. The van der Waals surface area contributed by atoms with Crippen LogP contribution < -0.4 is 16.1 Å². The number of carbonyl (C=O) groups excluding carboxylic acids is 3. The van der Waals surface area contributed by atoms with Gasteiger partial charge in [-0.3, -0.25) is 19.8 Å². The van der Waals surface area contributed by atoms with Gasteiger partial charge < -0.3 is 10.6 Å². The van der Waals surface area contributed by atoms with Crippen LogP contribution in [0.1, 0.15) is 41.4 Å². The zero-order valence-electron chi connectivity index (χ0n) is 20.4. The molecule has 0 aliphatic rings. The molecule has 1 aromatic heterocycles. The third-order valence-corrected chi connectivity index (χ3v) is 6.99. The SMILES string of the molecule is CCCCc1ccc(NC(=O)C(=O)Nn2c(C(=O)Nc3ccc(Br)c(C)c3)cc3cc(Cl)ccc32)cc1. The molecule has 0 spiro atoms. The fourth-order valence-corrected chi connectivity index (χ4v) is 4.29. The molecule has 0 radical (unpaired) electrons. The first-order chi connectivity index (χ1) is 17.7. The van der Waals surface area contributed by atoms with Gasteiger partial charge in [-0.25, -0.2) is 4.68 Å². The first-order valence-electron chi connectivity index (χ1n) is 11.8. The molecule has 3 amide bonds. The highest BCUT2D eigenvalue weighted by atomic mass is 79.9. The monoisotopic (exact) mass is 580 g/mol. The van der Waals surface area contributed by atoms with E-state index in [1.807, 2.05) is 31.2 Å². The lowest BCUT2D eigenvalue weighted by Gasteiger charge is -2.13. The Morgan fingerprint density at radius 2 is 1.62 bits per heavy atom. The lowest BCUT2D eigenvalue weighted by molar-refractivity contribution is -0.133. The van der Waals surface area contributed by atoms with E-state index in [4.69, 9.17) is 11.6 Å². The molecule has 0 aliphatic carbocycles. The Bertz CT molecular complexity index is 1480. The Hall–Kier alpha value is -3.62. The molecular weight excluding hydrogens is 556 g/mol. The van der Waals surface area contributed by atoms with Crippen LogP contribution in [0.2, 0.25) is 5.02 Å². The summed E-state index contributed by atoms with van der Waals surface area (Å²) in [6.07, 6.45) is 3.14. The number of halogens is 2. The maximum Gasteiger partial charge on any atom is 0.328 e. The van der Waals surface area contributed by atoms with Crippen LogP contribution in [0.25, 0.3) is 10.9 Å². The summed E-state index contributed by atoms with van der Waals surface area (Å²) in [7, 11) is 0. The van der Waals surface area contributed by atoms with E-state index in [0.29, 0.717) is 27.3 Å². The Balaban J connectivity index is 1.55. The molecule has 3 aromatic carbocycles. The second-order valence-corrected chi connectivity index (χ2v) is 9.97. The quantitative estimate of drug-likeness (QED) is 0.213. The Kier molecular flexibility index (Phi) is 8.31. The molecule has 0 saturated heterocycles. The minimum atomic E-state index is -0.920. The summed E-state index contributed by atoms with van der Waals surface area (Å²) >= 11 is 9.59. The molecule has 4 rings (SSSR count). The van der Waals surface area contributed by atoms with Crippen molar-refractivity contribution in [2.24, 2.45) is 0 Å². The summed E-state index contributed by atoms with van der Waals surface area (Å²) in [5, 5.41) is 6.55. The highest BCUT2D eigenvalue weighted by Gasteiger charge is 2.21. The van der Waals surface area contributed by atoms with Gasteiger partial charge in [-0.05, 0) is 85.5 Å². The van der Waals surface area contributed by atoms with Gasteiger partial charge in [-0.1, -0.05) is 53.0 Å². The van der Waals surface area contributed by atoms with Gasteiger partial charge in [0, 0.05) is 26.3 Å². The van der Waals surface area contributed by atoms with Gasteiger partial charge in [0.25, 0.3) is 5.91 Å². The van der Waals surface area contributed by atoms with E-state index in [1.54, 1.807) is 42.5 Å². The fraction of sp³-hybridized carbons (Fsp3) is 0.179. The molecule has 0 aliphatic heterocycles. The fourth-order valence-electron chi connectivity index (χ4n) is 3.87. The van der Waals surface area contributed by atoms with Crippen LogP contribution in [0.5, 0.6) is 0 Å². The minimum absolute atomic E-state index is 0.138. The largest absolute Gasteiger partial charge is 0.328 e. The van der Waals surface area contributed by atoms with E-state index in [2.05, 4.69) is 38.9 Å². The third kappa shape index (κ3) is 6.39. The molecule has 0 bridgehead atoms. The van der Waals surface area contributed by atoms with Crippen LogP contribution in [0.3, 0.4) is 0 Å². The second-order valence-electron chi connectivity index (χ2n) is 8.68. The molecule has 0 saturated carbocycles. The summed E-state index contributed by atoms with van der Waals surface area (Å²) < 4.78 is 2.21. The summed E-state index contributed by atoms with van der Waals surface area (Å²) in [5.74, 6) is -2.24. The molecular formula is C28H26BrClN4O3. The van der Waals surface area contributed by atoms with Gasteiger partial charge in [-0.2, -0.15) is 0 Å². The first kappa shape index (κ1) is 26.4. The number of aromatic nitrogens is 1. The number of amides is 3. The van der Waals surface area contributed by atoms with Crippen LogP contribution in [0.15, 0.2) is 71.2 Å². The maximum absolute atomic E-state index is 13.2. The second kappa shape index (κ2) is 11.6. The average Bonchev–Trinajstić information content (AvgIpc) is 3.23. The number of unbranched alkanes of at least 4 members (excludes halogenated alkanes) is 1. The van der Waals surface area contributed by atoms with Crippen molar-refractivity contribution in [2.45, 2.75) is 33.1 Å². The van der Waals surface area contributed by atoms with E-state index in [-0.39, 0.29) is 5.69 Å². The number of anilines is 2. The van der Waals surface area contributed by atoms with Crippen molar-refractivity contribution in [3.8, 4) is 0 Å². The molecule has 7 nitrogen and oxygen atoms in total. The van der Waals surface area contributed by atoms with Crippen molar-refractivity contribution in [1.29, 1.82) is 0 Å². The summed E-state index contributed by atoms with van der Waals surface area (Å²) in [4.78, 5) is 38.7. The van der Waals surface area contributed by atoms with Gasteiger partial charge >= 0.3 is 11.8 Å². The van der Waals surface area contributed by atoms with Gasteiger partial charge in [0.1, 0.15) is 5.69 Å². The highest BCUT2D eigenvalue weighted by Crippen LogP contribution is 2.25. The number of rotatable bonds is 7. The third-order valence-electron chi connectivity index (χ3n) is 5.86.